The molecule has 0 fully saturated rings. The molecular weight excluding hydrogens is 374 g/mol. The van der Waals surface area contributed by atoms with Gasteiger partial charge in [-0.25, -0.2) is 4.79 Å². The minimum Gasteiger partial charge on any atom is -0.467 e. The SMILES string of the molecule is O=C(Cn1cccc2c(=O)n(Cc3ccccn3)c(=O)nc1-2)NCc1ccco1. The Balaban J connectivity index is 1.60. The number of hydrogen-bond donors (Lipinski definition) is 1. The lowest BCUT2D eigenvalue weighted by Crippen LogP contribution is -2.39. The zero-order chi connectivity index (χ0) is 20.2. The van der Waals surface area contributed by atoms with E-state index in [9.17, 15) is 14.4 Å². The fraction of sp³-hybridized carbons (Fsp3) is 0.150. The Hall–Kier alpha value is -4.01. The summed E-state index contributed by atoms with van der Waals surface area (Å²) in [5, 5.41) is 2.72. The van der Waals surface area contributed by atoms with Crippen LogP contribution in [-0.4, -0.2) is 25.0 Å². The van der Waals surface area contributed by atoms with E-state index in [1.807, 2.05) is 0 Å². The number of nitrogens with zero attached hydrogens (tertiary/aromatic N) is 4. The highest BCUT2D eigenvalue weighted by molar-refractivity contribution is 5.76. The fourth-order valence-corrected chi connectivity index (χ4v) is 2.95. The zero-order valence-electron chi connectivity index (χ0n) is 15.3. The van der Waals surface area contributed by atoms with Gasteiger partial charge in [-0.05, 0) is 36.4 Å². The van der Waals surface area contributed by atoms with Crippen molar-refractivity contribution in [2.75, 3.05) is 0 Å². The lowest BCUT2D eigenvalue weighted by Gasteiger charge is -2.15. The second kappa shape index (κ2) is 7.93. The van der Waals surface area contributed by atoms with Crippen LogP contribution in [0.25, 0.3) is 11.4 Å². The summed E-state index contributed by atoms with van der Waals surface area (Å²) in [6.45, 7) is 0.183. The normalized spacial score (nSPS) is 10.9. The molecular formula is C20H17N5O4. The Morgan fingerprint density at radius 2 is 2.00 bits per heavy atom. The van der Waals surface area contributed by atoms with Gasteiger partial charge in [-0.3, -0.25) is 19.1 Å². The van der Waals surface area contributed by atoms with E-state index in [1.54, 1.807) is 54.9 Å². The van der Waals surface area contributed by atoms with Gasteiger partial charge in [-0.15, -0.1) is 0 Å². The molecule has 0 aromatic carbocycles. The Kier molecular flexibility index (Phi) is 5.02. The van der Waals surface area contributed by atoms with E-state index in [0.29, 0.717) is 11.5 Å². The zero-order valence-corrected chi connectivity index (χ0v) is 15.3. The van der Waals surface area contributed by atoms with Gasteiger partial charge in [-0.1, -0.05) is 6.07 Å². The number of hydrogen-bond acceptors (Lipinski definition) is 6. The summed E-state index contributed by atoms with van der Waals surface area (Å²) >= 11 is 0. The van der Waals surface area contributed by atoms with Gasteiger partial charge in [0.2, 0.25) is 5.91 Å². The molecule has 0 saturated carbocycles. The molecule has 9 heteroatoms. The summed E-state index contributed by atoms with van der Waals surface area (Å²) in [6, 6.07) is 12.0. The number of pyridine rings is 2. The summed E-state index contributed by atoms with van der Waals surface area (Å²) in [5.41, 5.74) is -0.337. The maximum atomic E-state index is 12.8. The molecule has 0 radical (unpaired) electrons. The molecule has 146 valence electrons. The Morgan fingerprint density at radius 3 is 2.76 bits per heavy atom. The van der Waals surface area contributed by atoms with Crippen molar-refractivity contribution in [3.8, 4) is 11.4 Å². The first-order chi connectivity index (χ1) is 14.1. The monoisotopic (exact) mass is 391 g/mol. The lowest BCUT2D eigenvalue weighted by atomic mass is 10.2. The molecule has 0 atom stereocenters. The molecule has 2 aliphatic heterocycles. The minimum atomic E-state index is -0.691. The van der Waals surface area contributed by atoms with Crippen molar-refractivity contribution >= 4 is 5.91 Å². The smallest absolute Gasteiger partial charge is 0.352 e. The second-order valence-electron chi connectivity index (χ2n) is 6.34. The van der Waals surface area contributed by atoms with Gasteiger partial charge in [0.05, 0.1) is 30.6 Å². The minimum absolute atomic E-state index is 0.0278. The number of amides is 1. The average molecular weight is 391 g/mol. The molecule has 0 saturated heterocycles. The van der Waals surface area contributed by atoms with E-state index in [2.05, 4.69) is 15.3 Å². The third-order valence-electron chi connectivity index (χ3n) is 4.35. The Morgan fingerprint density at radius 1 is 1.10 bits per heavy atom. The number of carbonyl (C=O) groups excluding carboxylic acids is 1. The largest absolute Gasteiger partial charge is 0.467 e. The number of nitrogens with one attached hydrogen (secondary N) is 1. The summed E-state index contributed by atoms with van der Waals surface area (Å²) in [6.07, 6.45) is 4.72. The number of furan rings is 1. The summed E-state index contributed by atoms with van der Waals surface area (Å²) in [7, 11) is 0. The van der Waals surface area contributed by atoms with Crippen molar-refractivity contribution in [2.45, 2.75) is 19.6 Å². The average Bonchev–Trinajstić information content (AvgIpc) is 3.25. The summed E-state index contributed by atoms with van der Waals surface area (Å²) in [5.74, 6) is 0.484. The maximum Gasteiger partial charge on any atom is 0.352 e. The standard InChI is InChI=1S/C20H17N5O4/c26-17(22-11-15-6-4-10-29-15)13-24-9-3-7-16-18(24)23-20(28)25(19(16)27)12-14-5-1-2-8-21-14/h1-10H,11-13H2,(H,22,26). The van der Waals surface area contributed by atoms with Gasteiger partial charge in [0.1, 0.15) is 12.3 Å². The predicted molar refractivity (Wildman–Crippen MR) is 103 cm³/mol. The molecule has 2 aliphatic rings. The van der Waals surface area contributed by atoms with Crippen LogP contribution in [0.3, 0.4) is 0 Å². The molecule has 29 heavy (non-hydrogen) atoms. The third-order valence-corrected chi connectivity index (χ3v) is 4.35. The van der Waals surface area contributed by atoms with E-state index in [0.717, 1.165) is 4.57 Å². The van der Waals surface area contributed by atoms with Crippen LogP contribution < -0.4 is 16.6 Å². The van der Waals surface area contributed by atoms with Crippen LogP contribution in [0, 0.1) is 0 Å². The van der Waals surface area contributed by atoms with E-state index in [-0.39, 0.29) is 36.9 Å². The molecule has 9 nitrogen and oxygen atoms in total. The van der Waals surface area contributed by atoms with Gasteiger partial charge < -0.3 is 14.3 Å². The van der Waals surface area contributed by atoms with Crippen LogP contribution in [0.1, 0.15) is 11.5 Å². The first kappa shape index (κ1) is 18.4. The van der Waals surface area contributed by atoms with Gasteiger partial charge in [-0.2, -0.15) is 4.98 Å². The van der Waals surface area contributed by atoms with Gasteiger partial charge in [0.15, 0.2) is 5.82 Å². The highest BCUT2D eigenvalue weighted by atomic mass is 16.3. The van der Waals surface area contributed by atoms with Crippen molar-refractivity contribution in [3.05, 3.63) is 93.4 Å². The Labute approximate surface area is 164 Å². The molecule has 2 aromatic heterocycles. The highest BCUT2D eigenvalue weighted by Gasteiger charge is 2.18. The molecule has 1 N–H and O–H groups in total. The first-order valence-corrected chi connectivity index (χ1v) is 8.91. The van der Waals surface area contributed by atoms with Crippen molar-refractivity contribution < 1.29 is 9.21 Å². The summed E-state index contributed by atoms with van der Waals surface area (Å²) in [4.78, 5) is 45.8. The van der Waals surface area contributed by atoms with Crippen molar-refractivity contribution in [1.82, 2.24) is 24.4 Å². The van der Waals surface area contributed by atoms with Crippen LogP contribution in [0.4, 0.5) is 0 Å². The molecule has 0 spiro atoms. The van der Waals surface area contributed by atoms with E-state index in [4.69, 9.17) is 4.42 Å². The summed E-state index contributed by atoms with van der Waals surface area (Å²) < 4.78 is 7.68. The lowest BCUT2D eigenvalue weighted by molar-refractivity contribution is -0.121. The quantitative estimate of drug-likeness (QED) is 0.522. The van der Waals surface area contributed by atoms with Gasteiger partial charge >= 0.3 is 5.69 Å². The second-order valence-corrected chi connectivity index (χ2v) is 6.34. The van der Waals surface area contributed by atoms with Crippen molar-refractivity contribution in [3.63, 3.8) is 0 Å². The molecule has 4 rings (SSSR count). The van der Waals surface area contributed by atoms with E-state index >= 15 is 0 Å². The van der Waals surface area contributed by atoms with Crippen molar-refractivity contribution in [1.29, 1.82) is 0 Å². The van der Waals surface area contributed by atoms with Crippen LogP contribution in [0.15, 0.2) is 75.1 Å². The number of carbonyl (C=O) groups is 1. The van der Waals surface area contributed by atoms with Crippen LogP contribution >= 0.6 is 0 Å². The van der Waals surface area contributed by atoms with Crippen LogP contribution in [-0.2, 0) is 24.4 Å². The third kappa shape index (κ3) is 3.98. The van der Waals surface area contributed by atoms with Gasteiger partial charge in [0.25, 0.3) is 5.56 Å². The number of aromatic nitrogens is 4. The molecule has 0 bridgehead atoms. The molecule has 2 aromatic rings. The van der Waals surface area contributed by atoms with Crippen LogP contribution in [0.2, 0.25) is 0 Å². The molecule has 1 amide bonds. The topological polar surface area (TPSA) is 112 Å². The number of fused-ring (bicyclic) bond motifs is 1. The molecule has 4 heterocycles. The van der Waals surface area contributed by atoms with Crippen molar-refractivity contribution in [2.24, 2.45) is 0 Å². The van der Waals surface area contributed by atoms with E-state index in [1.165, 1.54) is 10.8 Å². The fourth-order valence-electron chi connectivity index (χ4n) is 2.95. The molecule has 0 aliphatic carbocycles. The maximum absolute atomic E-state index is 12.8. The first-order valence-electron chi connectivity index (χ1n) is 8.91. The van der Waals surface area contributed by atoms with Gasteiger partial charge in [0, 0.05) is 12.4 Å². The molecule has 0 unspecified atom stereocenters. The Bertz CT molecular complexity index is 1210. The number of rotatable bonds is 6. The van der Waals surface area contributed by atoms with E-state index < -0.39 is 11.2 Å². The predicted octanol–water partition coefficient (Wildman–Crippen LogP) is 0.862. The highest BCUT2D eigenvalue weighted by Crippen LogP contribution is 2.13. The van der Waals surface area contributed by atoms with Crippen LogP contribution in [0.5, 0.6) is 0 Å².